The molecule has 1 aromatic carbocycles. The third-order valence-electron chi connectivity index (χ3n) is 3.60. The third-order valence-corrected chi connectivity index (χ3v) is 3.89. The molecule has 0 spiro atoms. The Bertz CT molecular complexity index is 914. The van der Waals surface area contributed by atoms with Gasteiger partial charge in [0.05, 0.1) is 24.1 Å². The van der Waals surface area contributed by atoms with Gasteiger partial charge in [-0.25, -0.2) is 9.59 Å². The summed E-state index contributed by atoms with van der Waals surface area (Å²) < 4.78 is 20.0. The third kappa shape index (κ3) is 4.43. The molecule has 0 bridgehead atoms. The van der Waals surface area contributed by atoms with Gasteiger partial charge in [0.15, 0.2) is 6.61 Å². The van der Waals surface area contributed by atoms with E-state index in [9.17, 15) is 14.4 Å². The van der Waals surface area contributed by atoms with Crippen molar-refractivity contribution >= 4 is 34.5 Å². The first kappa shape index (κ1) is 19.5. The van der Waals surface area contributed by atoms with Gasteiger partial charge >= 0.3 is 17.6 Å². The van der Waals surface area contributed by atoms with E-state index >= 15 is 0 Å². The van der Waals surface area contributed by atoms with Gasteiger partial charge in [0.25, 0.3) is 0 Å². The quantitative estimate of drug-likeness (QED) is 0.414. The molecule has 0 fully saturated rings. The second-order valence-electron chi connectivity index (χ2n) is 5.29. The Labute approximate surface area is 154 Å². The first-order valence-corrected chi connectivity index (χ1v) is 7.97. The monoisotopic (exact) mass is 380 g/mol. The van der Waals surface area contributed by atoms with E-state index in [0.717, 1.165) is 0 Å². The summed E-state index contributed by atoms with van der Waals surface area (Å²) in [5.74, 6) is -0.978. The van der Waals surface area contributed by atoms with Gasteiger partial charge in [-0.1, -0.05) is 24.3 Å². The van der Waals surface area contributed by atoms with E-state index in [1.54, 1.807) is 13.0 Å². The number of fused-ring (bicyclic) bond motifs is 1. The SMILES string of the molecule is C=CCOC(=O)COc1cc2oc(=O)c(CC(=O)OC)c(C)c2cc1Cl. The number of hydrogen-bond donors (Lipinski definition) is 0. The summed E-state index contributed by atoms with van der Waals surface area (Å²) in [5.41, 5.74) is 0.321. The Hall–Kier alpha value is -2.80. The van der Waals surface area contributed by atoms with E-state index < -0.39 is 17.6 Å². The molecule has 0 N–H and O–H groups in total. The van der Waals surface area contributed by atoms with Gasteiger partial charge in [-0.2, -0.15) is 0 Å². The molecular formula is C18H17ClO7. The number of esters is 2. The second kappa shape index (κ2) is 8.53. The molecule has 138 valence electrons. The average molecular weight is 381 g/mol. The van der Waals surface area contributed by atoms with Crippen molar-refractivity contribution in [2.75, 3.05) is 20.3 Å². The molecule has 0 aliphatic heterocycles. The normalized spacial score (nSPS) is 10.4. The summed E-state index contributed by atoms with van der Waals surface area (Å²) in [6.45, 7) is 4.83. The summed E-state index contributed by atoms with van der Waals surface area (Å²) in [6, 6.07) is 2.95. The van der Waals surface area contributed by atoms with Crippen LogP contribution in [0.3, 0.4) is 0 Å². The van der Waals surface area contributed by atoms with Crippen molar-refractivity contribution in [2.45, 2.75) is 13.3 Å². The number of aryl methyl sites for hydroxylation is 1. The number of ether oxygens (including phenoxy) is 3. The fourth-order valence-electron chi connectivity index (χ4n) is 2.25. The van der Waals surface area contributed by atoms with E-state index in [0.29, 0.717) is 10.9 Å². The Morgan fingerprint density at radius 2 is 2.04 bits per heavy atom. The molecule has 0 aliphatic rings. The minimum absolute atomic E-state index is 0.0741. The number of hydrogen-bond acceptors (Lipinski definition) is 7. The largest absolute Gasteiger partial charge is 0.480 e. The van der Waals surface area contributed by atoms with Gasteiger partial charge in [0.1, 0.15) is 17.9 Å². The molecule has 0 atom stereocenters. The van der Waals surface area contributed by atoms with E-state index in [4.69, 9.17) is 25.5 Å². The molecule has 0 saturated heterocycles. The Morgan fingerprint density at radius 3 is 2.69 bits per heavy atom. The Balaban J connectivity index is 2.34. The number of rotatable bonds is 7. The Morgan fingerprint density at radius 1 is 1.31 bits per heavy atom. The second-order valence-corrected chi connectivity index (χ2v) is 5.69. The topological polar surface area (TPSA) is 92.0 Å². The zero-order valence-corrected chi connectivity index (χ0v) is 15.1. The lowest BCUT2D eigenvalue weighted by molar-refractivity contribution is -0.144. The first-order valence-electron chi connectivity index (χ1n) is 7.59. The lowest BCUT2D eigenvalue weighted by Gasteiger charge is -2.11. The van der Waals surface area contributed by atoms with Crippen LogP contribution in [-0.2, 0) is 25.5 Å². The van der Waals surface area contributed by atoms with Crippen LogP contribution >= 0.6 is 11.6 Å². The zero-order chi connectivity index (χ0) is 19.3. The summed E-state index contributed by atoms with van der Waals surface area (Å²) >= 11 is 6.18. The van der Waals surface area contributed by atoms with Crippen molar-refractivity contribution < 1.29 is 28.2 Å². The highest BCUT2D eigenvalue weighted by molar-refractivity contribution is 6.32. The molecule has 8 heteroatoms. The molecule has 0 amide bonds. The molecular weight excluding hydrogens is 364 g/mol. The van der Waals surface area contributed by atoms with Crippen LogP contribution in [0.2, 0.25) is 5.02 Å². The number of benzene rings is 1. The highest BCUT2D eigenvalue weighted by Crippen LogP contribution is 2.32. The molecule has 26 heavy (non-hydrogen) atoms. The first-order chi connectivity index (χ1) is 12.4. The molecule has 0 aliphatic carbocycles. The Kier molecular flexibility index (Phi) is 6.41. The van der Waals surface area contributed by atoms with Crippen molar-refractivity contribution in [2.24, 2.45) is 0 Å². The number of carbonyl (C=O) groups is 2. The molecule has 1 aromatic heterocycles. The van der Waals surface area contributed by atoms with E-state index in [1.807, 2.05) is 0 Å². The fourth-order valence-corrected chi connectivity index (χ4v) is 2.47. The maximum Gasteiger partial charge on any atom is 0.344 e. The van der Waals surface area contributed by atoms with Crippen molar-refractivity contribution in [1.82, 2.24) is 0 Å². The van der Waals surface area contributed by atoms with Crippen LogP contribution < -0.4 is 10.4 Å². The maximum absolute atomic E-state index is 12.2. The molecule has 2 rings (SSSR count). The van der Waals surface area contributed by atoms with Gasteiger partial charge in [-0.05, 0) is 18.6 Å². The number of carbonyl (C=O) groups excluding carboxylic acids is 2. The van der Waals surface area contributed by atoms with Crippen molar-refractivity contribution in [3.63, 3.8) is 0 Å². The van der Waals surface area contributed by atoms with Crippen LogP contribution in [0.25, 0.3) is 11.0 Å². The highest BCUT2D eigenvalue weighted by atomic mass is 35.5. The van der Waals surface area contributed by atoms with Crippen LogP contribution in [0.5, 0.6) is 5.75 Å². The van der Waals surface area contributed by atoms with Crippen LogP contribution in [0, 0.1) is 6.92 Å². The highest BCUT2D eigenvalue weighted by Gasteiger charge is 2.17. The standard InChI is InChI=1S/C18H17ClO7/c1-4-5-24-17(21)9-25-15-8-14-11(6-13(15)19)10(2)12(18(22)26-14)7-16(20)23-3/h4,6,8H,1,5,7,9H2,2-3H3. The number of methoxy groups -OCH3 is 1. The molecule has 1 heterocycles. The maximum atomic E-state index is 12.2. The van der Waals surface area contributed by atoms with Gasteiger partial charge in [0, 0.05) is 11.5 Å². The van der Waals surface area contributed by atoms with Gasteiger partial charge in [-0.3, -0.25) is 4.79 Å². The average Bonchev–Trinajstić information content (AvgIpc) is 2.62. The minimum atomic E-state index is -0.654. The summed E-state index contributed by atoms with van der Waals surface area (Å²) in [4.78, 5) is 35.1. The van der Waals surface area contributed by atoms with Crippen LogP contribution in [-0.4, -0.2) is 32.3 Å². The summed E-state index contributed by atoms with van der Waals surface area (Å²) in [7, 11) is 1.24. The van der Waals surface area contributed by atoms with Crippen LogP contribution in [0.1, 0.15) is 11.1 Å². The summed E-state index contributed by atoms with van der Waals surface area (Å²) in [5, 5.41) is 0.769. The number of halogens is 1. The molecule has 0 saturated carbocycles. The minimum Gasteiger partial charge on any atom is -0.480 e. The van der Waals surface area contributed by atoms with E-state index in [2.05, 4.69) is 11.3 Å². The predicted octanol–water partition coefficient (Wildman–Crippen LogP) is 2.58. The van der Waals surface area contributed by atoms with E-state index in [-0.39, 0.29) is 41.6 Å². The lowest BCUT2D eigenvalue weighted by Crippen LogP contribution is -2.16. The zero-order valence-electron chi connectivity index (χ0n) is 14.3. The van der Waals surface area contributed by atoms with Crippen LogP contribution in [0.4, 0.5) is 0 Å². The van der Waals surface area contributed by atoms with Gasteiger partial charge in [0.2, 0.25) is 0 Å². The lowest BCUT2D eigenvalue weighted by atomic mass is 10.0. The van der Waals surface area contributed by atoms with E-state index in [1.165, 1.54) is 19.3 Å². The fraction of sp³-hybridized carbons (Fsp3) is 0.278. The van der Waals surface area contributed by atoms with Crippen molar-refractivity contribution in [3.8, 4) is 5.75 Å². The molecule has 2 aromatic rings. The molecule has 0 radical (unpaired) electrons. The van der Waals surface area contributed by atoms with Crippen molar-refractivity contribution in [1.29, 1.82) is 0 Å². The summed E-state index contributed by atoms with van der Waals surface area (Å²) in [6.07, 6.45) is 1.23. The smallest absolute Gasteiger partial charge is 0.344 e. The van der Waals surface area contributed by atoms with Crippen molar-refractivity contribution in [3.05, 3.63) is 51.4 Å². The van der Waals surface area contributed by atoms with Gasteiger partial charge in [-0.15, -0.1) is 0 Å². The predicted molar refractivity (Wildman–Crippen MR) is 94.6 cm³/mol. The van der Waals surface area contributed by atoms with Gasteiger partial charge < -0.3 is 18.6 Å². The van der Waals surface area contributed by atoms with Crippen LogP contribution in [0.15, 0.2) is 34.0 Å². The molecule has 7 nitrogen and oxygen atoms in total. The molecule has 0 unspecified atom stereocenters.